The van der Waals surface area contributed by atoms with Gasteiger partial charge in [-0.15, -0.1) is 0 Å². The van der Waals surface area contributed by atoms with Crippen LogP contribution in [0.15, 0.2) is 48.6 Å². The third-order valence-corrected chi connectivity index (χ3v) is 8.27. The lowest BCUT2D eigenvalue weighted by Gasteiger charge is -2.16. The molecule has 2 aliphatic heterocycles. The van der Waals surface area contributed by atoms with Crippen LogP contribution in [0.1, 0.15) is 90.4 Å². The predicted octanol–water partition coefficient (Wildman–Crippen LogP) is 4.98. The molecule has 0 aromatic carbocycles. The minimum Gasteiger partial charge on any atom is -0.389 e. The lowest BCUT2D eigenvalue weighted by atomic mass is 10.0. The van der Waals surface area contributed by atoms with Gasteiger partial charge in [0.25, 0.3) is 0 Å². The molecule has 2 heterocycles. The number of allylic oxidation sites excluding steroid dienone is 7. The van der Waals surface area contributed by atoms with Crippen molar-refractivity contribution in [2.24, 2.45) is 0 Å². The van der Waals surface area contributed by atoms with Crippen LogP contribution in [0.5, 0.6) is 0 Å². The number of fused-ring (bicyclic) bond motifs is 1. The second kappa shape index (κ2) is 20.4. The fourth-order valence-corrected chi connectivity index (χ4v) is 6.08. The van der Waals surface area contributed by atoms with Crippen LogP contribution in [-0.2, 0) is 9.59 Å². The first-order valence-corrected chi connectivity index (χ1v) is 15.6. The molecule has 2 rings (SSSR count). The number of nitrogens with one attached hydrogen (secondary N) is 4. The van der Waals surface area contributed by atoms with Gasteiger partial charge in [0, 0.05) is 23.8 Å². The number of unbranched alkanes of at least 4 members (excludes halogenated alkanes) is 4. The highest BCUT2D eigenvalue weighted by molar-refractivity contribution is 8.00. The molecule has 3 unspecified atom stereocenters. The lowest BCUT2D eigenvalue weighted by molar-refractivity contribution is -0.129. The molecule has 2 aliphatic rings. The quantitative estimate of drug-likeness (QED) is 0.0502. The average molecular weight is 561 g/mol. The number of hydrogen-bond acceptors (Lipinski definition) is 5. The monoisotopic (exact) mass is 560 g/mol. The molecule has 218 valence electrons. The van der Waals surface area contributed by atoms with Crippen LogP contribution in [0.2, 0.25) is 0 Å². The minimum atomic E-state index is -0.348. The van der Waals surface area contributed by atoms with Crippen molar-refractivity contribution >= 4 is 29.6 Å². The van der Waals surface area contributed by atoms with Crippen LogP contribution in [-0.4, -0.2) is 52.1 Å². The Balaban J connectivity index is 1.39. The Bertz CT molecular complexity index is 858. The number of carbonyl (C=O) groups excluding carboxylic acids is 3. The molecule has 0 aromatic rings. The summed E-state index contributed by atoms with van der Waals surface area (Å²) in [5, 5.41) is 16.1. The summed E-state index contributed by atoms with van der Waals surface area (Å²) in [6.07, 6.45) is 26.7. The van der Waals surface area contributed by atoms with Crippen LogP contribution < -0.4 is 21.5 Å². The number of carbonyl (C=O) groups is 3. The summed E-state index contributed by atoms with van der Waals surface area (Å²) in [5.74, 6) is 0.591. The Morgan fingerprint density at radius 2 is 1.67 bits per heavy atom. The maximum Gasteiger partial charge on any atom is 0.315 e. The highest BCUT2D eigenvalue weighted by Gasteiger charge is 2.42. The van der Waals surface area contributed by atoms with Crippen molar-refractivity contribution in [3.8, 4) is 0 Å². The maximum absolute atomic E-state index is 12.0. The molecule has 2 saturated heterocycles. The zero-order chi connectivity index (χ0) is 28.1. The van der Waals surface area contributed by atoms with E-state index in [-0.39, 0.29) is 36.0 Å². The predicted molar refractivity (Wildman–Crippen MR) is 160 cm³/mol. The van der Waals surface area contributed by atoms with Crippen LogP contribution in [0.4, 0.5) is 4.79 Å². The highest BCUT2D eigenvalue weighted by Crippen LogP contribution is 2.33. The summed E-state index contributed by atoms with van der Waals surface area (Å²) < 4.78 is 0. The molecular formula is C30H48N4O4S. The van der Waals surface area contributed by atoms with Crippen molar-refractivity contribution in [1.82, 2.24) is 21.5 Å². The van der Waals surface area contributed by atoms with Crippen molar-refractivity contribution in [2.45, 2.75) is 114 Å². The van der Waals surface area contributed by atoms with Crippen LogP contribution in [0.25, 0.3) is 0 Å². The molecular weight excluding hydrogens is 512 g/mol. The topological polar surface area (TPSA) is 120 Å². The summed E-state index contributed by atoms with van der Waals surface area (Å²) in [6, 6.07) is 0.350. The summed E-state index contributed by atoms with van der Waals surface area (Å²) in [6.45, 7) is 2.16. The van der Waals surface area contributed by atoms with Gasteiger partial charge in [-0.3, -0.25) is 20.4 Å². The Morgan fingerprint density at radius 1 is 0.949 bits per heavy atom. The maximum atomic E-state index is 12.0. The van der Waals surface area contributed by atoms with Gasteiger partial charge in [-0.25, -0.2) is 4.79 Å². The molecule has 0 spiro atoms. The van der Waals surface area contributed by atoms with Gasteiger partial charge in [0.1, 0.15) is 0 Å². The first-order chi connectivity index (χ1) is 19.0. The van der Waals surface area contributed by atoms with Gasteiger partial charge in [-0.1, -0.05) is 81.2 Å². The van der Waals surface area contributed by atoms with Crippen molar-refractivity contribution in [1.29, 1.82) is 0 Å². The van der Waals surface area contributed by atoms with Crippen molar-refractivity contribution in [2.75, 3.05) is 5.75 Å². The molecule has 2 fully saturated rings. The fraction of sp³-hybridized carbons (Fsp3) is 0.633. The van der Waals surface area contributed by atoms with Gasteiger partial charge in [0.2, 0.25) is 11.8 Å². The Labute approximate surface area is 238 Å². The Kier molecular flexibility index (Phi) is 17.1. The van der Waals surface area contributed by atoms with E-state index in [1.54, 1.807) is 0 Å². The van der Waals surface area contributed by atoms with Gasteiger partial charge in [-0.2, -0.15) is 11.8 Å². The van der Waals surface area contributed by atoms with E-state index < -0.39 is 0 Å². The Hall–Kier alpha value is -2.52. The highest BCUT2D eigenvalue weighted by atomic mass is 32.2. The summed E-state index contributed by atoms with van der Waals surface area (Å²) >= 11 is 1.88. The SMILES string of the molecule is CCCCC[C@H](O)/C=C/C=C\C/C=C/C/C=C\CCCC(=O)NNC(=O)CCCCC1SCC2NC(=O)NC21. The molecule has 4 amide bonds. The number of hydrogen-bond donors (Lipinski definition) is 5. The van der Waals surface area contributed by atoms with Gasteiger partial charge in [0.15, 0.2) is 0 Å². The van der Waals surface area contributed by atoms with E-state index in [1.165, 1.54) is 12.8 Å². The standard InChI is InChI=1S/C30H48N4O4S/c1-2-3-13-18-24(35)19-14-11-9-7-5-4-6-8-10-12-15-21-27(36)33-34-28(37)22-17-16-20-26-29-25(23-39-26)31-30(38)32-29/h4-5,8-11,14,19,24-26,29,35H,2-3,6-7,12-13,15-18,20-23H2,1H3,(H,33,36)(H,34,37)(H2,31,32,38)/b5-4+,10-8-,11-9-,19-14+/t24-,25?,26?,29?/m0/s1. The van der Waals surface area contributed by atoms with E-state index in [4.69, 9.17) is 0 Å². The van der Waals surface area contributed by atoms with Crippen molar-refractivity contribution in [3.63, 3.8) is 0 Å². The van der Waals surface area contributed by atoms with Gasteiger partial charge < -0.3 is 15.7 Å². The number of urea groups is 1. The van der Waals surface area contributed by atoms with Crippen molar-refractivity contribution < 1.29 is 19.5 Å². The van der Waals surface area contributed by atoms with Crippen LogP contribution >= 0.6 is 11.8 Å². The first-order valence-electron chi connectivity index (χ1n) is 14.6. The molecule has 0 aromatic heterocycles. The minimum absolute atomic E-state index is 0.0756. The molecule has 0 bridgehead atoms. The van der Waals surface area contributed by atoms with Gasteiger partial charge in [-0.05, 0) is 44.9 Å². The normalized spacial score (nSPS) is 21.6. The number of rotatable bonds is 19. The largest absolute Gasteiger partial charge is 0.389 e. The van der Waals surface area contributed by atoms with E-state index in [9.17, 15) is 19.5 Å². The molecule has 9 heteroatoms. The fourth-order valence-electron chi connectivity index (χ4n) is 4.53. The summed E-state index contributed by atoms with van der Waals surface area (Å²) in [4.78, 5) is 35.3. The second-order valence-corrected chi connectivity index (χ2v) is 11.4. The Morgan fingerprint density at radius 3 is 2.44 bits per heavy atom. The summed E-state index contributed by atoms with van der Waals surface area (Å²) in [7, 11) is 0. The number of thioether (sulfide) groups is 1. The van der Waals surface area contributed by atoms with Crippen LogP contribution in [0, 0.1) is 0 Å². The number of aliphatic hydroxyl groups excluding tert-OH is 1. The average Bonchev–Trinajstić information content (AvgIpc) is 3.47. The third-order valence-electron chi connectivity index (χ3n) is 6.76. The van der Waals surface area contributed by atoms with Crippen LogP contribution in [0.3, 0.4) is 0 Å². The molecule has 0 aliphatic carbocycles. The third kappa shape index (κ3) is 15.0. The zero-order valence-electron chi connectivity index (χ0n) is 23.4. The smallest absolute Gasteiger partial charge is 0.315 e. The van der Waals surface area contributed by atoms with Gasteiger partial charge >= 0.3 is 6.03 Å². The van der Waals surface area contributed by atoms with E-state index in [0.29, 0.717) is 18.1 Å². The zero-order valence-corrected chi connectivity index (χ0v) is 24.2. The molecule has 8 nitrogen and oxygen atoms in total. The molecule has 0 radical (unpaired) electrons. The molecule has 39 heavy (non-hydrogen) atoms. The number of amides is 4. The number of hydrazine groups is 1. The molecule has 0 saturated carbocycles. The van der Waals surface area contributed by atoms with Crippen molar-refractivity contribution in [3.05, 3.63) is 48.6 Å². The lowest BCUT2D eigenvalue weighted by Crippen LogP contribution is -2.41. The molecule has 4 atom stereocenters. The van der Waals surface area contributed by atoms with Gasteiger partial charge in [0.05, 0.1) is 18.2 Å². The van der Waals surface area contributed by atoms with E-state index in [1.807, 2.05) is 30.0 Å². The summed E-state index contributed by atoms with van der Waals surface area (Å²) in [5.41, 5.74) is 5.00. The second-order valence-electron chi connectivity index (χ2n) is 10.1. The molecule has 5 N–H and O–H groups in total. The first kappa shape index (κ1) is 32.7. The van der Waals surface area contributed by atoms with E-state index in [2.05, 4.69) is 58.8 Å². The van der Waals surface area contributed by atoms with E-state index in [0.717, 1.165) is 63.5 Å². The van der Waals surface area contributed by atoms with E-state index >= 15 is 0 Å². The number of aliphatic hydroxyl groups is 1.